The van der Waals surface area contributed by atoms with Gasteiger partial charge in [-0.2, -0.15) is 4.80 Å². The molecule has 102 valence electrons. The van der Waals surface area contributed by atoms with Crippen LogP contribution in [0.1, 0.15) is 24.9 Å². The fourth-order valence-electron chi connectivity index (χ4n) is 1.56. The van der Waals surface area contributed by atoms with Crippen LogP contribution in [0.15, 0.2) is 18.3 Å². The van der Waals surface area contributed by atoms with E-state index in [1.54, 1.807) is 13.2 Å². The molecule has 0 fully saturated rings. The fourth-order valence-corrected chi connectivity index (χ4v) is 1.56. The topological polar surface area (TPSA) is 91.7 Å². The first-order valence-corrected chi connectivity index (χ1v) is 6.23. The quantitative estimate of drug-likeness (QED) is 0.813. The lowest BCUT2D eigenvalue weighted by Gasteiger charge is -2.08. The molecule has 0 bridgehead atoms. The summed E-state index contributed by atoms with van der Waals surface area (Å²) in [6, 6.07) is 3.96. The number of ether oxygens (including phenoxy) is 1. The highest BCUT2D eigenvalue weighted by atomic mass is 16.5. The molecule has 2 N–H and O–H groups in total. The normalized spacial score (nSPS) is 12.4. The Morgan fingerprint density at radius 2 is 2.26 bits per heavy atom. The maximum absolute atomic E-state index is 5.88. The van der Waals surface area contributed by atoms with Crippen molar-refractivity contribution in [3.8, 4) is 5.75 Å². The van der Waals surface area contributed by atoms with E-state index in [0.29, 0.717) is 11.6 Å². The van der Waals surface area contributed by atoms with Gasteiger partial charge in [-0.1, -0.05) is 6.92 Å². The molecule has 0 aliphatic heterocycles. The summed E-state index contributed by atoms with van der Waals surface area (Å²) in [6.45, 7) is 2.35. The highest BCUT2D eigenvalue weighted by Crippen LogP contribution is 2.11. The van der Waals surface area contributed by atoms with Crippen LogP contribution in [0.2, 0.25) is 0 Å². The Kier molecular flexibility index (Phi) is 4.40. The summed E-state index contributed by atoms with van der Waals surface area (Å²) in [4.78, 5) is 5.71. The van der Waals surface area contributed by atoms with Crippen molar-refractivity contribution in [2.24, 2.45) is 12.8 Å². The SMILES string of the molecule is CCC(N)Cc1ccc(OCc2nnn(C)n2)cn1. The molecule has 2 rings (SSSR count). The molecule has 2 aromatic heterocycles. The van der Waals surface area contributed by atoms with Gasteiger partial charge in [-0.05, 0) is 23.8 Å². The van der Waals surface area contributed by atoms with Crippen LogP contribution in [0.4, 0.5) is 0 Å². The lowest BCUT2D eigenvalue weighted by atomic mass is 10.1. The van der Waals surface area contributed by atoms with Crippen LogP contribution < -0.4 is 10.5 Å². The fraction of sp³-hybridized carbons (Fsp3) is 0.500. The molecule has 7 nitrogen and oxygen atoms in total. The first kappa shape index (κ1) is 13.4. The highest BCUT2D eigenvalue weighted by molar-refractivity contribution is 5.20. The number of hydrogen-bond acceptors (Lipinski definition) is 6. The predicted octanol–water partition coefficient (Wildman–Crippen LogP) is 0.464. The second-order valence-corrected chi connectivity index (χ2v) is 4.34. The number of nitrogens with zero attached hydrogens (tertiary/aromatic N) is 5. The van der Waals surface area contributed by atoms with Gasteiger partial charge in [0.15, 0.2) is 6.61 Å². The number of nitrogens with two attached hydrogens (primary N) is 1. The number of hydrogen-bond donors (Lipinski definition) is 1. The van der Waals surface area contributed by atoms with E-state index < -0.39 is 0 Å². The second kappa shape index (κ2) is 6.24. The van der Waals surface area contributed by atoms with Crippen LogP contribution >= 0.6 is 0 Å². The molecule has 7 heteroatoms. The van der Waals surface area contributed by atoms with Crippen molar-refractivity contribution in [3.05, 3.63) is 29.8 Å². The van der Waals surface area contributed by atoms with E-state index in [2.05, 4.69) is 27.3 Å². The summed E-state index contributed by atoms with van der Waals surface area (Å²) in [7, 11) is 1.71. The van der Waals surface area contributed by atoms with Crippen molar-refractivity contribution in [1.82, 2.24) is 25.2 Å². The Morgan fingerprint density at radius 1 is 1.42 bits per heavy atom. The number of aromatic nitrogens is 5. The summed E-state index contributed by atoms with van der Waals surface area (Å²) in [6.07, 6.45) is 3.41. The van der Waals surface area contributed by atoms with Gasteiger partial charge in [0.25, 0.3) is 0 Å². The third-order valence-electron chi connectivity index (χ3n) is 2.71. The van der Waals surface area contributed by atoms with Crippen molar-refractivity contribution in [1.29, 1.82) is 0 Å². The standard InChI is InChI=1S/C12H18N6O/c1-3-9(13)6-10-4-5-11(7-14-10)19-8-12-15-17-18(2)16-12/h4-5,7,9H,3,6,8,13H2,1-2H3. The predicted molar refractivity (Wildman–Crippen MR) is 69.3 cm³/mol. The molecule has 19 heavy (non-hydrogen) atoms. The van der Waals surface area contributed by atoms with Gasteiger partial charge in [-0.25, -0.2) is 0 Å². The van der Waals surface area contributed by atoms with E-state index in [4.69, 9.17) is 10.5 Å². The van der Waals surface area contributed by atoms with Crippen LogP contribution in [0.5, 0.6) is 5.75 Å². The van der Waals surface area contributed by atoms with Crippen LogP contribution in [-0.2, 0) is 20.1 Å². The molecule has 0 saturated heterocycles. The Hall–Kier alpha value is -2.02. The summed E-state index contributed by atoms with van der Waals surface area (Å²) < 4.78 is 5.52. The van der Waals surface area contributed by atoms with E-state index in [-0.39, 0.29) is 12.6 Å². The van der Waals surface area contributed by atoms with Gasteiger partial charge in [0.05, 0.1) is 13.2 Å². The smallest absolute Gasteiger partial charge is 0.212 e. The molecule has 1 atom stereocenters. The average molecular weight is 262 g/mol. The Labute approximate surface area is 111 Å². The molecule has 0 aliphatic rings. The van der Waals surface area contributed by atoms with Gasteiger partial charge in [-0.15, -0.1) is 10.2 Å². The summed E-state index contributed by atoms with van der Waals surface area (Å²) >= 11 is 0. The molecular formula is C12H18N6O. The van der Waals surface area contributed by atoms with E-state index in [9.17, 15) is 0 Å². The van der Waals surface area contributed by atoms with Crippen LogP contribution in [0, 0.1) is 0 Å². The minimum absolute atomic E-state index is 0.156. The van der Waals surface area contributed by atoms with Crippen molar-refractivity contribution in [2.45, 2.75) is 32.4 Å². The highest BCUT2D eigenvalue weighted by Gasteiger charge is 2.04. The van der Waals surface area contributed by atoms with Crippen molar-refractivity contribution in [2.75, 3.05) is 0 Å². The van der Waals surface area contributed by atoms with Crippen LogP contribution in [0.25, 0.3) is 0 Å². The van der Waals surface area contributed by atoms with Crippen molar-refractivity contribution < 1.29 is 4.74 Å². The van der Waals surface area contributed by atoms with Gasteiger partial charge >= 0.3 is 0 Å². The maximum atomic E-state index is 5.88. The van der Waals surface area contributed by atoms with Gasteiger partial charge in [0.1, 0.15) is 5.75 Å². The zero-order valence-electron chi connectivity index (χ0n) is 11.2. The number of tetrazole rings is 1. The molecule has 2 aromatic rings. The molecule has 0 amide bonds. The molecule has 0 saturated carbocycles. The van der Waals surface area contributed by atoms with Gasteiger partial charge in [0.2, 0.25) is 5.82 Å². The maximum Gasteiger partial charge on any atom is 0.212 e. The average Bonchev–Trinajstić information content (AvgIpc) is 2.83. The molecule has 0 radical (unpaired) electrons. The Bertz CT molecular complexity index is 509. The van der Waals surface area contributed by atoms with Gasteiger partial charge in [-0.3, -0.25) is 4.98 Å². The third kappa shape index (κ3) is 3.99. The number of pyridine rings is 1. The molecule has 2 heterocycles. The summed E-state index contributed by atoms with van der Waals surface area (Å²) in [5.74, 6) is 1.22. The molecule has 0 spiro atoms. The first-order chi connectivity index (χ1) is 9.17. The lowest BCUT2D eigenvalue weighted by molar-refractivity contribution is 0.294. The molecule has 0 aromatic carbocycles. The Balaban J connectivity index is 1.88. The minimum atomic E-state index is 0.156. The van der Waals surface area contributed by atoms with Crippen molar-refractivity contribution in [3.63, 3.8) is 0 Å². The van der Waals surface area contributed by atoms with Gasteiger partial charge < -0.3 is 10.5 Å². The minimum Gasteiger partial charge on any atom is -0.484 e. The first-order valence-electron chi connectivity index (χ1n) is 6.23. The monoisotopic (exact) mass is 262 g/mol. The Morgan fingerprint density at radius 3 is 2.84 bits per heavy atom. The third-order valence-corrected chi connectivity index (χ3v) is 2.71. The zero-order chi connectivity index (χ0) is 13.7. The van der Waals surface area contributed by atoms with Crippen LogP contribution in [0.3, 0.4) is 0 Å². The molecule has 0 aliphatic carbocycles. The molecular weight excluding hydrogens is 244 g/mol. The molecule has 1 unspecified atom stereocenters. The van der Waals surface area contributed by atoms with Crippen LogP contribution in [-0.4, -0.2) is 31.2 Å². The zero-order valence-corrected chi connectivity index (χ0v) is 11.2. The van der Waals surface area contributed by atoms with Gasteiger partial charge in [0, 0.05) is 18.2 Å². The summed E-state index contributed by atoms with van der Waals surface area (Å²) in [5, 5.41) is 11.6. The lowest BCUT2D eigenvalue weighted by Crippen LogP contribution is -2.21. The second-order valence-electron chi connectivity index (χ2n) is 4.34. The van der Waals surface area contributed by atoms with E-state index in [1.165, 1.54) is 4.80 Å². The number of aryl methyl sites for hydroxylation is 1. The number of rotatable bonds is 6. The summed E-state index contributed by atoms with van der Waals surface area (Å²) in [5.41, 5.74) is 6.85. The van der Waals surface area contributed by atoms with E-state index >= 15 is 0 Å². The van der Waals surface area contributed by atoms with E-state index in [0.717, 1.165) is 18.5 Å². The largest absolute Gasteiger partial charge is 0.484 e. The van der Waals surface area contributed by atoms with E-state index in [1.807, 2.05) is 12.1 Å². The van der Waals surface area contributed by atoms with Crippen molar-refractivity contribution >= 4 is 0 Å².